The lowest BCUT2D eigenvalue weighted by Crippen LogP contribution is -2.73. The number of pyridine rings is 1. The minimum absolute atomic E-state index is 0.155. The van der Waals surface area contributed by atoms with E-state index in [1.165, 1.54) is 12.3 Å². The fourth-order valence-corrected chi connectivity index (χ4v) is 5.43. The maximum absolute atomic E-state index is 13.2. The highest BCUT2D eigenvalue weighted by Gasteiger charge is 2.53. The smallest absolute Gasteiger partial charge is 0.410 e. The van der Waals surface area contributed by atoms with E-state index in [1.54, 1.807) is 11.0 Å². The van der Waals surface area contributed by atoms with Gasteiger partial charge in [0.05, 0.1) is 25.0 Å². The van der Waals surface area contributed by atoms with Crippen LogP contribution in [0, 0.1) is 11.2 Å². The fraction of sp³-hybridized carbons (Fsp3) is 0.440. The Morgan fingerprint density at radius 2 is 1.92 bits per heavy atom. The molecule has 3 aliphatic heterocycles. The normalized spacial score (nSPS) is 18.6. The van der Waals surface area contributed by atoms with Crippen LogP contribution >= 0.6 is 11.6 Å². The summed E-state index contributed by atoms with van der Waals surface area (Å²) in [5.41, 5.74) is 1.98. The van der Waals surface area contributed by atoms with Crippen molar-refractivity contribution in [2.45, 2.75) is 39.5 Å². The fourth-order valence-electron chi connectivity index (χ4n) is 5.24. The molecule has 1 amide bonds. The van der Waals surface area contributed by atoms with E-state index in [-0.39, 0.29) is 30.0 Å². The molecule has 6 rings (SSSR count). The zero-order valence-corrected chi connectivity index (χ0v) is 21.0. The Labute approximate surface area is 213 Å². The van der Waals surface area contributed by atoms with E-state index in [4.69, 9.17) is 16.3 Å². The number of fused-ring (bicyclic) bond motifs is 3. The first-order valence-corrected chi connectivity index (χ1v) is 12.5. The van der Waals surface area contributed by atoms with Crippen molar-refractivity contribution in [1.29, 1.82) is 0 Å². The average molecular weight is 512 g/mol. The van der Waals surface area contributed by atoms with Crippen molar-refractivity contribution < 1.29 is 13.9 Å². The lowest BCUT2D eigenvalue weighted by Gasteiger charge is -2.60. The number of benzene rings is 1. The van der Waals surface area contributed by atoms with Crippen LogP contribution < -0.4 is 9.80 Å². The number of aromatic nitrogens is 4. The summed E-state index contributed by atoms with van der Waals surface area (Å²) < 4.78 is 20.8. The minimum atomic E-state index is -0.375. The third kappa shape index (κ3) is 3.93. The molecule has 1 spiro atoms. The molecule has 0 bridgehead atoms. The van der Waals surface area contributed by atoms with Crippen molar-refractivity contribution in [2.24, 2.45) is 5.41 Å². The second-order valence-electron chi connectivity index (χ2n) is 10.0. The Morgan fingerprint density at radius 1 is 1.14 bits per heavy atom. The molecule has 0 saturated carbocycles. The highest BCUT2D eigenvalue weighted by atomic mass is 35.5. The number of halogens is 2. The summed E-state index contributed by atoms with van der Waals surface area (Å²) in [5.74, 6) is 1.91. The van der Waals surface area contributed by atoms with Gasteiger partial charge in [-0.2, -0.15) is 0 Å². The predicted octanol–water partition coefficient (Wildman–Crippen LogP) is 4.03. The van der Waals surface area contributed by atoms with Gasteiger partial charge < -0.3 is 14.5 Å². The second kappa shape index (κ2) is 8.62. The van der Waals surface area contributed by atoms with Crippen molar-refractivity contribution >= 4 is 29.5 Å². The molecule has 36 heavy (non-hydrogen) atoms. The lowest BCUT2D eigenvalue weighted by molar-refractivity contribution is 0.0637. The summed E-state index contributed by atoms with van der Waals surface area (Å²) in [6.45, 7) is 7.94. The average Bonchev–Trinajstić information content (AvgIpc) is 3.13. The molecule has 3 aromatic rings. The molecule has 188 valence electrons. The molecule has 0 unspecified atom stereocenters. The van der Waals surface area contributed by atoms with E-state index in [0.717, 1.165) is 55.6 Å². The van der Waals surface area contributed by atoms with Gasteiger partial charge in [-0.25, -0.2) is 14.2 Å². The van der Waals surface area contributed by atoms with Gasteiger partial charge in [0.1, 0.15) is 17.7 Å². The number of nitrogens with zero attached hydrogens (tertiary/aromatic N) is 7. The monoisotopic (exact) mass is 511 g/mol. The van der Waals surface area contributed by atoms with Crippen LogP contribution in [0.4, 0.5) is 21.0 Å². The van der Waals surface area contributed by atoms with Gasteiger partial charge in [0.25, 0.3) is 0 Å². The summed E-state index contributed by atoms with van der Waals surface area (Å²) >= 11 is 6.33. The van der Waals surface area contributed by atoms with E-state index >= 15 is 0 Å². The van der Waals surface area contributed by atoms with Crippen molar-refractivity contribution in [3.05, 3.63) is 58.8 Å². The highest BCUT2D eigenvalue weighted by Crippen LogP contribution is 2.44. The molecule has 0 radical (unpaired) electrons. The van der Waals surface area contributed by atoms with Crippen LogP contribution in [0.2, 0.25) is 5.02 Å². The maximum Gasteiger partial charge on any atom is 0.410 e. The molecule has 11 heteroatoms. The van der Waals surface area contributed by atoms with Crippen LogP contribution in [0.5, 0.6) is 0 Å². The van der Waals surface area contributed by atoms with Crippen molar-refractivity contribution in [3.8, 4) is 5.69 Å². The number of carbonyl (C=O) groups excluding carboxylic acids is 1. The van der Waals surface area contributed by atoms with E-state index in [0.29, 0.717) is 17.4 Å². The quantitative estimate of drug-likeness (QED) is 0.523. The van der Waals surface area contributed by atoms with Gasteiger partial charge >= 0.3 is 6.09 Å². The molecule has 0 aliphatic carbocycles. The van der Waals surface area contributed by atoms with Crippen LogP contribution in [-0.2, 0) is 17.8 Å². The lowest BCUT2D eigenvalue weighted by atomic mass is 9.73. The Kier molecular flexibility index (Phi) is 5.51. The number of amides is 1. The van der Waals surface area contributed by atoms with Crippen LogP contribution in [0.15, 0.2) is 36.5 Å². The highest BCUT2D eigenvalue weighted by molar-refractivity contribution is 6.30. The number of ether oxygens (including phenoxy) is 1. The number of rotatable bonds is 4. The summed E-state index contributed by atoms with van der Waals surface area (Å²) in [6, 6.07) is 8.85. The second-order valence-corrected chi connectivity index (χ2v) is 10.5. The third-order valence-electron chi connectivity index (χ3n) is 7.25. The van der Waals surface area contributed by atoms with Crippen molar-refractivity contribution in [2.75, 3.05) is 36.0 Å². The van der Waals surface area contributed by atoms with Gasteiger partial charge in [0, 0.05) is 36.6 Å². The van der Waals surface area contributed by atoms with Crippen LogP contribution in [0.1, 0.15) is 31.7 Å². The zero-order valence-electron chi connectivity index (χ0n) is 20.2. The first-order chi connectivity index (χ1) is 17.3. The summed E-state index contributed by atoms with van der Waals surface area (Å²) in [5, 5.41) is 9.60. The van der Waals surface area contributed by atoms with E-state index in [1.807, 2.05) is 36.6 Å². The molecule has 3 aliphatic rings. The third-order valence-corrected chi connectivity index (χ3v) is 7.48. The number of hydrogen-bond donors (Lipinski definition) is 0. The number of anilines is 2. The van der Waals surface area contributed by atoms with Crippen LogP contribution in [0.3, 0.4) is 0 Å². The summed E-state index contributed by atoms with van der Waals surface area (Å²) in [6.07, 6.45) is 1.45. The SMILES string of the molecule is CC[C@H](C)OC(=O)N1Cc2cc(Cl)ccc2-n2c(nnc2N2CC3(CN(c4ccc(F)cn4)C3)C2)C1. The van der Waals surface area contributed by atoms with Crippen LogP contribution in [-0.4, -0.2) is 63.0 Å². The van der Waals surface area contributed by atoms with Gasteiger partial charge in [-0.1, -0.05) is 18.5 Å². The largest absolute Gasteiger partial charge is 0.446 e. The first kappa shape index (κ1) is 23.0. The molecular formula is C25H27ClFN7O2. The molecule has 5 heterocycles. The molecule has 1 aromatic carbocycles. The Hall–Kier alpha value is -3.40. The van der Waals surface area contributed by atoms with Gasteiger partial charge in [-0.05, 0) is 49.2 Å². The Bertz CT molecular complexity index is 1300. The number of hydrogen-bond acceptors (Lipinski definition) is 7. The van der Waals surface area contributed by atoms with E-state index in [9.17, 15) is 9.18 Å². The van der Waals surface area contributed by atoms with Crippen LogP contribution in [0.25, 0.3) is 5.69 Å². The molecule has 2 fully saturated rings. The van der Waals surface area contributed by atoms with Crippen molar-refractivity contribution in [3.63, 3.8) is 0 Å². The molecule has 0 N–H and O–H groups in total. The number of carbonyl (C=O) groups is 1. The summed E-state index contributed by atoms with van der Waals surface area (Å²) in [4.78, 5) is 23.1. The molecule has 2 aromatic heterocycles. The molecule has 1 atom stereocenters. The minimum Gasteiger partial charge on any atom is -0.446 e. The molecule has 9 nitrogen and oxygen atoms in total. The van der Waals surface area contributed by atoms with Gasteiger partial charge in [0.15, 0.2) is 5.82 Å². The topological polar surface area (TPSA) is 79.6 Å². The van der Waals surface area contributed by atoms with Gasteiger partial charge in [0.2, 0.25) is 5.95 Å². The van der Waals surface area contributed by atoms with E-state index < -0.39 is 0 Å². The van der Waals surface area contributed by atoms with Gasteiger partial charge in [-0.3, -0.25) is 9.47 Å². The zero-order chi connectivity index (χ0) is 25.0. The standard InChI is InChI=1S/C25H27ClFN7O2/c1-3-16(2)36-24(35)31-10-17-8-18(26)4-6-20(17)34-22(11-31)29-30-23(34)33-14-25(15-33)12-32(13-25)21-7-5-19(27)9-28-21/h4-9,16H,3,10-15H2,1-2H3/t16-/m0/s1. The Balaban J connectivity index is 1.23. The summed E-state index contributed by atoms with van der Waals surface area (Å²) in [7, 11) is 0. The maximum atomic E-state index is 13.2. The molecule has 2 saturated heterocycles. The van der Waals surface area contributed by atoms with Crippen molar-refractivity contribution in [1.82, 2.24) is 24.6 Å². The predicted molar refractivity (Wildman–Crippen MR) is 133 cm³/mol. The first-order valence-electron chi connectivity index (χ1n) is 12.1. The molecular weight excluding hydrogens is 485 g/mol. The van der Waals surface area contributed by atoms with E-state index in [2.05, 4.69) is 25.0 Å². The Morgan fingerprint density at radius 3 is 2.64 bits per heavy atom. The van der Waals surface area contributed by atoms with Gasteiger partial charge in [-0.15, -0.1) is 10.2 Å².